The SMILES string of the molecule is CC1CCCN1Cc1cccc(/C=C(\N)C(=N)c2cc(-c3cccnc3)ccc2N)c1. The third-order valence-corrected chi connectivity index (χ3v) is 5.96. The van der Waals surface area contributed by atoms with Crippen LogP contribution < -0.4 is 11.5 Å². The number of benzene rings is 2. The second-order valence-corrected chi connectivity index (χ2v) is 8.23. The number of aromatic nitrogens is 1. The van der Waals surface area contributed by atoms with Crippen LogP contribution in [0.4, 0.5) is 5.69 Å². The maximum Gasteiger partial charge on any atom is 0.0862 e. The number of nitrogen functional groups attached to an aromatic ring is 1. The monoisotopic (exact) mass is 411 g/mol. The lowest BCUT2D eigenvalue weighted by molar-refractivity contribution is 0.260. The Labute approximate surface area is 183 Å². The topological polar surface area (TPSA) is 92.0 Å². The molecule has 3 aromatic rings. The molecule has 1 aliphatic rings. The van der Waals surface area contributed by atoms with Crippen LogP contribution in [0.3, 0.4) is 0 Å². The molecule has 31 heavy (non-hydrogen) atoms. The molecule has 5 N–H and O–H groups in total. The predicted octanol–water partition coefficient (Wildman–Crippen LogP) is 4.68. The molecular formula is C26H29N5. The van der Waals surface area contributed by atoms with Gasteiger partial charge in [0, 0.05) is 41.8 Å². The van der Waals surface area contributed by atoms with Crippen LogP contribution in [0.5, 0.6) is 0 Å². The highest BCUT2D eigenvalue weighted by atomic mass is 15.2. The van der Waals surface area contributed by atoms with Crippen molar-refractivity contribution < 1.29 is 0 Å². The molecule has 0 amide bonds. The van der Waals surface area contributed by atoms with Gasteiger partial charge < -0.3 is 11.5 Å². The van der Waals surface area contributed by atoms with Crippen LogP contribution >= 0.6 is 0 Å². The summed E-state index contributed by atoms with van der Waals surface area (Å²) in [7, 11) is 0. The molecule has 0 radical (unpaired) electrons. The molecule has 4 rings (SSSR count). The molecule has 1 aromatic heterocycles. The van der Waals surface area contributed by atoms with Crippen LogP contribution in [-0.4, -0.2) is 28.2 Å². The minimum atomic E-state index is 0.224. The van der Waals surface area contributed by atoms with Crippen molar-refractivity contribution in [1.29, 1.82) is 5.41 Å². The first-order valence-electron chi connectivity index (χ1n) is 10.7. The molecule has 1 atom stereocenters. The summed E-state index contributed by atoms with van der Waals surface area (Å²) in [5.74, 6) is 0. The van der Waals surface area contributed by atoms with Gasteiger partial charge in [0.05, 0.1) is 11.4 Å². The average Bonchev–Trinajstić information content (AvgIpc) is 3.18. The molecule has 1 saturated heterocycles. The van der Waals surface area contributed by atoms with E-state index >= 15 is 0 Å². The summed E-state index contributed by atoms with van der Waals surface area (Å²) >= 11 is 0. The number of nitrogens with zero attached hydrogens (tertiary/aromatic N) is 2. The molecule has 0 spiro atoms. The number of hydrogen-bond acceptors (Lipinski definition) is 5. The highest BCUT2D eigenvalue weighted by molar-refractivity contribution is 6.15. The first-order chi connectivity index (χ1) is 15.0. The third kappa shape index (κ3) is 4.84. The van der Waals surface area contributed by atoms with Crippen LogP contribution in [0.15, 0.2) is 72.7 Å². The van der Waals surface area contributed by atoms with Gasteiger partial charge in [-0.25, -0.2) is 0 Å². The van der Waals surface area contributed by atoms with Gasteiger partial charge in [0.2, 0.25) is 0 Å². The Hall–Kier alpha value is -3.44. The van der Waals surface area contributed by atoms with E-state index in [2.05, 4.69) is 35.0 Å². The molecule has 158 valence electrons. The van der Waals surface area contributed by atoms with E-state index < -0.39 is 0 Å². The van der Waals surface area contributed by atoms with E-state index in [0.29, 0.717) is 23.0 Å². The number of allylic oxidation sites excluding steroid dienone is 1. The van der Waals surface area contributed by atoms with Gasteiger partial charge in [0.15, 0.2) is 0 Å². The largest absolute Gasteiger partial charge is 0.398 e. The Morgan fingerprint density at radius 1 is 1.16 bits per heavy atom. The van der Waals surface area contributed by atoms with Gasteiger partial charge in [-0.05, 0) is 67.3 Å². The number of nitrogens with one attached hydrogen (secondary N) is 1. The molecule has 1 aliphatic heterocycles. The van der Waals surface area contributed by atoms with Gasteiger partial charge in [-0.3, -0.25) is 15.3 Å². The maximum atomic E-state index is 8.65. The molecule has 1 fully saturated rings. The number of nitrogens with two attached hydrogens (primary N) is 2. The summed E-state index contributed by atoms with van der Waals surface area (Å²) in [6, 6.07) is 18.5. The molecule has 5 nitrogen and oxygen atoms in total. The number of anilines is 1. The quantitative estimate of drug-likeness (QED) is 0.405. The van der Waals surface area contributed by atoms with Crippen molar-refractivity contribution in [1.82, 2.24) is 9.88 Å². The summed E-state index contributed by atoms with van der Waals surface area (Å²) < 4.78 is 0. The lowest BCUT2D eigenvalue weighted by Gasteiger charge is -2.21. The Kier molecular flexibility index (Phi) is 6.14. The molecule has 2 heterocycles. The number of likely N-dealkylation sites (tertiary alicyclic amines) is 1. The molecule has 1 unspecified atom stereocenters. The molecule has 5 heteroatoms. The zero-order chi connectivity index (χ0) is 21.8. The Balaban J connectivity index is 1.56. The van der Waals surface area contributed by atoms with Crippen molar-refractivity contribution >= 4 is 17.5 Å². The minimum Gasteiger partial charge on any atom is -0.398 e. The van der Waals surface area contributed by atoms with Crippen molar-refractivity contribution in [3.8, 4) is 11.1 Å². The van der Waals surface area contributed by atoms with Crippen molar-refractivity contribution in [3.05, 3.63) is 89.4 Å². The first kappa shape index (κ1) is 20.8. The van der Waals surface area contributed by atoms with E-state index in [4.69, 9.17) is 16.9 Å². The van der Waals surface area contributed by atoms with E-state index in [1.54, 1.807) is 12.4 Å². The Morgan fingerprint density at radius 3 is 2.77 bits per heavy atom. The van der Waals surface area contributed by atoms with Gasteiger partial charge in [0.1, 0.15) is 0 Å². The van der Waals surface area contributed by atoms with Crippen LogP contribution in [0.25, 0.3) is 17.2 Å². The van der Waals surface area contributed by atoms with Crippen LogP contribution in [0.1, 0.15) is 36.5 Å². The number of pyridine rings is 1. The standard InChI is InChI=1S/C26H29N5/c1-18-5-4-12-31(18)17-20-7-2-6-19(13-20)14-25(28)26(29)23-15-21(9-10-24(23)27)22-8-3-11-30-16-22/h2-3,6-11,13-16,18,29H,4-5,12,17,27-28H2,1H3/b25-14-,29-26?. The molecule has 0 saturated carbocycles. The Bertz CT molecular complexity index is 1100. The van der Waals surface area contributed by atoms with E-state index in [1.807, 2.05) is 42.5 Å². The van der Waals surface area contributed by atoms with Crippen LogP contribution in [0.2, 0.25) is 0 Å². The van der Waals surface area contributed by atoms with E-state index in [9.17, 15) is 0 Å². The summed E-state index contributed by atoms with van der Waals surface area (Å²) in [5, 5.41) is 8.65. The zero-order valence-electron chi connectivity index (χ0n) is 17.9. The van der Waals surface area contributed by atoms with Crippen molar-refractivity contribution in [2.45, 2.75) is 32.4 Å². The van der Waals surface area contributed by atoms with Gasteiger partial charge in [0.25, 0.3) is 0 Å². The first-order valence-corrected chi connectivity index (χ1v) is 10.7. The normalized spacial score (nSPS) is 17.1. The minimum absolute atomic E-state index is 0.224. The molecule has 2 aromatic carbocycles. The Morgan fingerprint density at radius 2 is 2.03 bits per heavy atom. The van der Waals surface area contributed by atoms with Crippen molar-refractivity contribution in [2.24, 2.45) is 5.73 Å². The predicted molar refractivity (Wildman–Crippen MR) is 129 cm³/mol. The van der Waals surface area contributed by atoms with E-state index in [1.165, 1.54) is 18.4 Å². The third-order valence-electron chi connectivity index (χ3n) is 5.96. The van der Waals surface area contributed by atoms with E-state index in [-0.39, 0.29) is 5.71 Å². The number of rotatable bonds is 6. The van der Waals surface area contributed by atoms with Gasteiger partial charge in [-0.1, -0.05) is 36.4 Å². The smallest absolute Gasteiger partial charge is 0.0862 e. The van der Waals surface area contributed by atoms with Crippen molar-refractivity contribution in [2.75, 3.05) is 12.3 Å². The number of hydrogen-bond donors (Lipinski definition) is 3. The van der Waals surface area contributed by atoms with Crippen LogP contribution in [0, 0.1) is 5.41 Å². The highest BCUT2D eigenvalue weighted by Crippen LogP contribution is 2.25. The second-order valence-electron chi connectivity index (χ2n) is 8.23. The van der Waals surface area contributed by atoms with Crippen molar-refractivity contribution in [3.63, 3.8) is 0 Å². The van der Waals surface area contributed by atoms with Gasteiger partial charge >= 0.3 is 0 Å². The summed E-state index contributed by atoms with van der Waals surface area (Å²) in [6.07, 6.45) is 7.93. The average molecular weight is 412 g/mol. The lowest BCUT2D eigenvalue weighted by Crippen LogP contribution is -2.26. The van der Waals surface area contributed by atoms with Gasteiger partial charge in [-0.2, -0.15) is 0 Å². The van der Waals surface area contributed by atoms with E-state index in [0.717, 1.165) is 29.8 Å². The summed E-state index contributed by atoms with van der Waals surface area (Å²) in [6.45, 7) is 4.39. The molecular weight excluding hydrogens is 382 g/mol. The molecule has 0 aliphatic carbocycles. The highest BCUT2D eigenvalue weighted by Gasteiger charge is 2.20. The molecule has 0 bridgehead atoms. The summed E-state index contributed by atoms with van der Waals surface area (Å²) in [4.78, 5) is 6.69. The zero-order valence-corrected chi connectivity index (χ0v) is 17.9. The fourth-order valence-corrected chi connectivity index (χ4v) is 4.14. The van der Waals surface area contributed by atoms with Gasteiger partial charge in [-0.15, -0.1) is 0 Å². The maximum absolute atomic E-state index is 8.65. The fraction of sp³-hybridized carbons (Fsp3) is 0.231. The second kappa shape index (κ2) is 9.14. The summed E-state index contributed by atoms with van der Waals surface area (Å²) in [5.41, 5.74) is 18.5. The van der Waals surface area contributed by atoms with Crippen LogP contribution in [-0.2, 0) is 6.54 Å². The fourth-order valence-electron chi connectivity index (χ4n) is 4.14. The lowest BCUT2D eigenvalue weighted by atomic mass is 9.98.